The van der Waals surface area contributed by atoms with Gasteiger partial charge in [-0.2, -0.15) is 0 Å². The molecule has 0 aliphatic carbocycles. The number of likely N-dealkylation sites (N-methyl/N-ethyl adjacent to an activating group) is 1. The Morgan fingerprint density at radius 1 is 0.580 bits per heavy atom. The van der Waals surface area contributed by atoms with Gasteiger partial charge in [0.05, 0.1) is 32.7 Å². The zero-order valence-electron chi connectivity index (χ0n) is 49.2. The van der Waals surface area contributed by atoms with E-state index in [9.17, 15) is 68.4 Å². The highest BCUT2D eigenvalue weighted by atomic mass is 16.4. The summed E-state index contributed by atoms with van der Waals surface area (Å²) in [6.07, 6.45) is 0.211. The second-order valence-electron chi connectivity index (χ2n) is 21.8. The molecule has 28 nitrogen and oxygen atoms in total. The number of nitrogens with two attached hydrogens (primary N) is 2. The minimum atomic E-state index is -1.29. The Bertz CT molecular complexity index is 3080. The van der Waals surface area contributed by atoms with Crippen LogP contribution in [0, 0.1) is 0 Å². The number of aliphatic carboxylic acids is 3. The standard InChI is InChI=1S/C60H80N14O14/c1-70-49(9-5-20-63-55(84)43-16-10-40(11-17-43)33-65-51(77)35-71-22-24-72(36-52(78)79)26-28-74(38-54(82)83)29-27-73(25-23-71)37-53(80)81)58(87)68-46(8-4-21-64-60(61)62)57(86)69-47(32-41-12-15-42-6-2-3-7-44(42)30-41)56(85)66-34-50(76)67-48(59(70)88)31-39-13-18-45(75)19-14-39/h2-3,6-7,10-19,30,46-49,75H,4-5,8-9,20-29,31-38H2,1H3,(H,63,84)(H,65,77)(H,66,85)(H,67,76)(H,68,87)(H,69,86)(H,78,79)(H,80,81)(H,82,83)(H4,61,62,64)/t46-,47-,48-,49-/m0/s1. The number of hydrogen-bond acceptors (Lipinski definition) is 16. The fourth-order valence-corrected chi connectivity index (χ4v) is 10.2. The van der Waals surface area contributed by atoms with E-state index in [1.165, 1.54) is 24.1 Å². The lowest BCUT2D eigenvalue weighted by Gasteiger charge is -2.32. The molecule has 6 rings (SSSR count). The fraction of sp³-hybridized carbons (Fsp3) is 0.450. The number of phenolic OH excluding ortho intramolecular Hbond substituents is 1. The van der Waals surface area contributed by atoms with Crippen LogP contribution in [0.3, 0.4) is 0 Å². The third kappa shape index (κ3) is 22.9. The van der Waals surface area contributed by atoms with Gasteiger partial charge in [-0.15, -0.1) is 0 Å². The number of carboxylic acids is 3. The second-order valence-corrected chi connectivity index (χ2v) is 21.8. The van der Waals surface area contributed by atoms with Crippen molar-refractivity contribution < 1.29 is 68.4 Å². The lowest BCUT2D eigenvalue weighted by molar-refractivity contribution is -0.142. The van der Waals surface area contributed by atoms with E-state index < -0.39 is 84.1 Å². The normalized spacial score (nSPS) is 19.5. The number of hydrogen-bond donors (Lipinski definition) is 12. The summed E-state index contributed by atoms with van der Waals surface area (Å²) in [5.41, 5.74) is 13.3. The predicted octanol–water partition coefficient (Wildman–Crippen LogP) is -1.90. The maximum absolute atomic E-state index is 14.7. The number of fused-ring (bicyclic) bond motifs is 1. The van der Waals surface area contributed by atoms with Gasteiger partial charge in [-0.3, -0.25) is 72.5 Å². The van der Waals surface area contributed by atoms with Crippen LogP contribution in [0.4, 0.5) is 0 Å². The molecule has 4 aromatic carbocycles. The molecule has 2 saturated heterocycles. The highest BCUT2D eigenvalue weighted by Crippen LogP contribution is 2.19. The van der Waals surface area contributed by atoms with E-state index in [1.807, 2.05) is 42.5 Å². The van der Waals surface area contributed by atoms with Crippen LogP contribution >= 0.6 is 0 Å². The summed E-state index contributed by atoms with van der Waals surface area (Å²) >= 11 is 0. The Kier molecular flexibility index (Phi) is 26.4. The first kappa shape index (κ1) is 67.9. The largest absolute Gasteiger partial charge is 0.508 e. The topological polar surface area (TPSA) is 404 Å². The Hall–Kier alpha value is -9.25. The monoisotopic (exact) mass is 1220 g/mol. The molecule has 88 heavy (non-hydrogen) atoms. The molecule has 0 spiro atoms. The average molecular weight is 1220 g/mol. The van der Waals surface area contributed by atoms with Crippen LogP contribution in [0.5, 0.6) is 5.75 Å². The molecule has 7 amide bonds. The number of rotatable bonds is 23. The van der Waals surface area contributed by atoms with E-state index in [-0.39, 0.29) is 160 Å². The SMILES string of the molecule is CN1C(=O)[C@H](Cc2ccc(O)cc2)NC(=O)CNC(=O)[C@H](Cc2ccc3ccccc3c2)NC(=O)[C@H](CCCN=C(N)N)NC(=O)[C@@H]1CCCNC(=O)c1ccc(CNC(=O)CN2CCN(CC(=O)O)CCN(CC(=O)O)CCN(CC(=O)O)CC2)cc1. The van der Waals surface area contributed by atoms with Crippen molar-refractivity contribution in [2.45, 2.75) is 69.2 Å². The molecule has 474 valence electrons. The zero-order chi connectivity index (χ0) is 63.7. The third-order valence-electron chi connectivity index (χ3n) is 15.0. The third-order valence-corrected chi connectivity index (χ3v) is 15.0. The van der Waals surface area contributed by atoms with Gasteiger partial charge in [-0.1, -0.05) is 66.7 Å². The number of phenols is 1. The van der Waals surface area contributed by atoms with E-state index in [0.717, 1.165) is 10.8 Å². The van der Waals surface area contributed by atoms with Gasteiger partial charge in [0.15, 0.2) is 5.96 Å². The van der Waals surface area contributed by atoms with E-state index in [0.29, 0.717) is 16.7 Å². The lowest BCUT2D eigenvalue weighted by Crippen LogP contribution is -2.58. The van der Waals surface area contributed by atoms with Crippen LogP contribution in [0.1, 0.15) is 52.7 Å². The van der Waals surface area contributed by atoms with Crippen molar-refractivity contribution in [1.29, 1.82) is 0 Å². The predicted molar refractivity (Wildman–Crippen MR) is 323 cm³/mol. The molecule has 2 aliphatic heterocycles. The van der Waals surface area contributed by atoms with Gasteiger partial charge in [0.2, 0.25) is 35.4 Å². The maximum atomic E-state index is 14.7. The number of benzene rings is 4. The van der Waals surface area contributed by atoms with Gasteiger partial charge >= 0.3 is 17.9 Å². The van der Waals surface area contributed by atoms with E-state index in [2.05, 4.69) is 36.9 Å². The number of guanidine groups is 1. The zero-order valence-corrected chi connectivity index (χ0v) is 49.2. The number of aromatic hydroxyl groups is 1. The molecular weight excluding hydrogens is 1140 g/mol. The van der Waals surface area contributed by atoms with Gasteiger partial charge in [-0.05, 0) is 77.4 Å². The molecule has 2 fully saturated rings. The fourth-order valence-electron chi connectivity index (χ4n) is 10.2. The Morgan fingerprint density at radius 3 is 1.69 bits per heavy atom. The van der Waals surface area contributed by atoms with Crippen molar-refractivity contribution >= 4 is 76.0 Å². The first-order valence-electron chi connectivity index (χ1n) is 29.0. The van der Waals surface area contributed by atoms with E-state index >= 15 is 0 Å². The van der Waals surface area contributed by atoms with Crippen LogP contribution in [-0.4, -0.2) is 240 Å². The van der Waals surface area contributed by atoms with Crippen molar-refractivity contribution in [3.05, 3.63) is 113 Å². The molecule has 2 aliphatic rings. The number of amides is 7. The summed E-state index contributed by atoms with van der Waals surface area (Å²) in [7, 11) is 1.38. The number of nitrogens with zero attached hydrogens (tertiary/aromatic N) is 6. The number of carbonyl (C=O) groups is 10. The van der Waals surface area contributed by atoms with Crippen LogP contribution in [0.25, 0.3) is 10.8 Å². The van der Waals surface area contributed by atoms with Gasteiger partial charge < -0.3 is 68.7 Å². The van der Waals surface area contributed by atoms with Crippen LogP contribution in [0.15, 0.2) is 96.0 Å². The minimum Gasteiger partial charge on any atom is -0.508 e. The lowest BCUT2D eigenvalue weighted by atomic mass is 10.00. The van der Waals surface area contributed by atoms with Gasteiger partial charge in [0.1, 0.15) is 29.9 Å². The molecule has 0 radical (unpaired) electrons. The summed E-state index contributed by atoms with van der Waals surface area (Å²) in [5.74, 6) is -7.87. The Morgan fingerprint density at radius 2 is 1.11 bits per heavy atom. The Balaban J connectivity index is 1.13. The number of aliphatic imine (C=N–C) groups is 1. The number of carbonyl (C=O) groups excluding carboxylic acids is 7. The van der Waals surface area contributed by atoms with Gasteiger partial charge in [0, 0.05) is 97.4 Å². The van der Waals surface area contributed by atoms with Crippen LogP contribution in [-0.2, 0) is 62.5 Å². The second kappa shape index (κ2) is 34.2. The molecule has 4 atom stereocenters. The first-order chi connectivity index (χ1) is 42.1. The summed E-state index contributed by atoms with van der Waals surface area (Å²) < 4.78 is 0. The molecule has 0 bridgehead atoms. The summed E-state index contributed by atoms with van der Waals surface area (Å²) in [4.78, 5) is 145. The molecule has 4 aromatic rings. The molecule has 0 aromatic heterocycles. The number of nitrogens with one attached hydrogen (secondary N) is 6. The molecule has 2 heterocycles. The molecular formula is C60H80N14O14. The van der Waals surface area contributed by atoms with Crippen molar-refractivity contribution in [1.82, 2.24) is 56.4 Å². The van der Waals surface area contributed by atoms with Gasteiger partial charge in [0.25, 0.3) is 5.91 Å². The maximum Gasteiger partial charge on any atom is 0.317 e. The molecule has 28 heteroatoms. The Labute approximate surface area is 509 Å². The molecule has 0 saturated carbocycles. The van der Waals surface area contributed by atoms with Crippen molar-refractivity contribution in [3.63, 3.8) is 0 Å². The summed E-state index contributed by atoms with van der Waals surface area (Å²) in [5, 5.41) is 57.0. The van der Waals surface area contributed by atoms with Crippen molar-refractivity contribution in [2.75, 3.05) is 105 Å². The van der Waals surface area contributed by atoms with Crippen LogP contribution < -0.4 is 43.4 Å². The highest BCUT2D eigenvalue weighted by Gasteiger charge is 2.36. The van der Waals surface area contributed by atoms with E-state index in [1.54, 1.807) is 56.0 Å². The quantitative estimate of drug-likeness (QED) is 0.0219. The van der Waals surface area contributed by atoms with Crippen molar-refractivity contribution in [3.8, 4) is 5.75 Å². The highest BCUT2D eigenvalue weighted by molar-refractivity contribution is 5.98. The smallest absolute Gasteiger partial charge is 0.317 e. The van der Waals surface area contributed by atoms with Gasteiger partial charge in [-0.25, -0.2) is 0 Å². The first-order valence-corrected chi connectivity index (χ1v) is 29.0. The van der Waals surface area contributed by atoms with E-state index in [4.69, 9.17) is 11.5 Å². The van der Waals surface area contributed by atoms with Crippen molar-refractivity contribution in [2.24, 2.45) is 16.5 Å². The van der Waals surface area contributed by atoms with Crippen LogP contribution in [0.2, 0.25) is 0 Å². The summed E-state index contributed by atoms with van der Waals surface area (Å²) in [6.45, 7) is 0.527. The number of carboxylic acid groups (broad SMARTS) is 3. The molecule has 14 N–H and O–H groups in total. The minimum absolute atomic E-state index is 0.000425. The molecule has 0 unspecified atom stereocenters. The summed E-state index contributed by atoms with van der Waals surface area (Å²) in [6, 6.07) is 20.5. The average Bonchev–Trinajstić information content (AvgIpc) is 3.71.